The van der Waals surface area contributed by atoms with Crippen LogP contribution >= 0.6 is 0 Å². The summed E-state index contributed by atoms with van der Waals surface area (Å²) in [6, 6.07) is 18.3. The second-order valence-electron chi connectivity index (χ2n) is 9.24. The van der Waals surface area contributed by atoms with E-state index in [9.17, 15) is 4.79 Å². The molecule has 2 N–H and O–H groups in total. The zero-order chi connectivity index (χ0) is 25.2. The maximum atomic E-state index is 13.0. The van der Waals surface area contributed by atoms with Gasteiger partial charge in [0.2, 0.25) is 5.91 Å². The van der Waals surface area contributed by atoms with Crippen LogP contribution in [0, 0.1) is 20.8 Å². The molecule has 3 aromatic heterocycles. The van der Waals surface area contributed by atoms with E-state index in [1.807, 2.05) is 61.8 Å². The Kier molecular flexibility index (Phi) is 6.46. The molecule has 0 aliphatic carbocycles. The molecule has 0 fully saturated rings. The van der Waals surface area contributed by atoms with Crippen molar-refractivity contribution in [3.63, 3.8) is 0 Å². The number of carbonyl (C=O) groups is 1. The van der Waals surface area contributed by atoms with Crippen molar-refractivity contribution in [2.24, 2.45) is 0 Å². The van der Waals surface area contributed by atoms with Gasteiger partial charge in [-0.25, -0.2) is 9.50 Å². The van der Waals surface area contributed by atoms with Crippen LogP contribution in [0.4, 0.5) is 0 Å². The van der Waals surface area contributed by atoms with E-state index in [-0.39, 0.29) is 11.8 Å². The molecule has 0 saturated heterocycles. The molecule has 3 heterocycles. The lowest BCUT2D eigenvalue weighted by molar-refractivity contribution is -0.121. The maximum Gasteiger partial charge on any atom is 0.220 e. The quantitative estimate of drug-likeness (QED) is 0.326. The van der Waals surface area contributed by atoms with E-state index in [1.165, 1.54) is 0 Å². The van der Waals surface area contributed by atoms with Crippen molar-refractivity contribution in [2.45, 2.75) is 39.5 Å². The summed E-state index contributed by atoms with van der Waals surface area (Å²) in [6.45, 7) is 6.50. The first kappa shape index (κ1) is 23.6. The predicted molar refractivity (Wildman–Crippen MR) is 142 cm³/mol. The molecular formula is C29H31N5O2. The Labute approximate surface area is 210 Å². The first-order valence-electron chi connectivity index (χ1n) is 12.2. The van der Waals surface area contributed by atoms with Gasteiger partial charge in [-0.1, -0.05) is 30.3 Å². The zero-order valence-electron chi connectivity index (χ0n) is 21.1. The van der Waals surface area contributed by atoms with Crippen molar-refractivity contribution in [2.75, 3.05) is 13.7 Å². The normalized spacial score (nSPS) is 12.2. The van der Waals surface area contributed by atoms with Gasteiger partial charge in [-0.3, -0.25) is 4.79 Å². The van der Waals surface area contributed by atoms with Crippen molar-refractivity contribution >= 4 is 22.5 Å². The van der Waals surface area contributed by atoms with Gasteiger partial charge in [-0.2, -0.15) is 5.10 Å². The Bertz CT molecular complexity index is 1530. The number of hydrogen-bond acceptors (Lipinski definition) is 4. The Hall–Kier alpha value is -4.13. The topological polar surface area (TPSA) is 84.3 Å². The average molecular weight is 482 g/mol. The van der Waals surface area contributed by atoms with Gasteiger partial charge in [0.25, 0.3) is 0 Å². The number of amides is 1. The number of para-hydroxylation sites is 1. The monoisotopic (exact) mass is 481 g/mol. The Balaban J connectivity index is 1.34. The highest BCUT2D eigenvalue weighted by atomic mass is 16.5. The fourth-order valence-corrected chi connectivity index (χ4v) is 4.97. The second kappa shape index (κ2) is 9.85. The number of methoxy groups -OCH3 is 1. The number of hydrogen-bond donors (Lipinski definition) is 2. The number of ether oxygens (including phenoxy) is 1. The summed E-state index contributed by atoms with van der Waals surface area (Å²) in [5, 5.41) is 8.89. The fourth-order valence-electron chi connectivity index (χ4n) is 4.97. The summed E-state index contributed by atoms with van der Waals surface area (Å²) in [5.74, 6) is 0.831. The van der Waals surface area contributed by atoms with Gasteiger partial charge >= 0.3 is 0 Å². The predicted octanol–water partition coefficient (Wildman–Crippen LogP) is 5.03. The third-order valence-corrected chi connectivity index (χ3v) is 6.91. The highest BCUT2D eigenvalue weighted by Crippen LogP contribution is 2.31. The number of nitrogens with one attached hydrogen (secondary N) is 2. The minimum atomic E-state index is 0.00421. The molecule has 1 unspecified atom stereocenters. The Morgan fingerprint density at radius 3 is 2.67 bits per heavy atom. The van der Waals surface area contributed by atoms with E-state index < -0.39 is 0 Å². The second-order valence-corrected chi connectivity index (χ2v) is 9.24. The van der Waals surface area contributed by atoms with Crippen LogP contribution in [0.3, 0.4) is 0 Å². The SMILES string of the molecule is COc1ccc(C(CNC(=O)CCc2c(C)nc3cc(C)nn3c2C)c2c[nH]c3ccccc23)cc1. The lowest BCUT2D eigenvalue weighted by atomic mass is 9.90. The molecule has 5 rings (SSSR count). The summed E-state index contributed by atoms with van der Waals surface area (Å²) >= 11 is 0. The van der Waals surface area contributed by atoms with Crippen LogP contribution < -0.4 is 10.1 Å². The third-order valence-electron chi connectivity index (χ3n) is 6.91. The number of aromatic amines is 1. The molecule has 0 spiro atoms. The molecule has 2 aromatic carbocycles. The average Bonchev–Trinajstić information content (AvgIpc) is 3.47. The van der Waals surface area contributed by atoms with Crippen LogP contribution in [0.1, 0.15) is 46.1 Å². The van der Waals surface area contributed by atoms with Gasteiger partial charge in [0.15, 0.2) is 5.65 Å². The summed E-state index contributed by atoms with van der Waals surface area (Å²) < 4.78 is 7.21. The van der Waals surface area contributed by atoms with Gasteiger partial charge in [0.1, 0.15) is 5.75 Å². The number of rotatable bonds is 8. The van der Waals surface area contributed by atoms with Gasteiger partial charge in [0, 0.05) is 53.4 Å². The molecule has 5 aromatic rings. The van der Waals surface area contributed by atoms with E-state index in [2.05, 4.69) is 44.6 Å². The Morgan fingerprint density at radius 1 is 1.11 bits per heavy atom. The number of H-pyrrole nitrogens is 1. The Morgan fingerprint density at radius 2 is 1.89 bits per heavy atom. The van der Waals surface area contributed by atoms with Crippen molar-refractivity contribution in [1.29, 1.82) is 0 Å². The highest BCUT2D eigenvalue weighted by molar-refractivity contribution is 5.84. The molecule has 184 valence electrons. The van der Waals surface area contributed by atoms with E-state index >= 15 is 0 Å². The number of fused-ring (bicyclic) bond motifs is 2. The van der Waals surface area contributed by atoms with Crippen LogP contribution in [-0.4, -0.2) is 39.1 Å². The first-order valence-corrected chi connectivity index (χ1v) is 12.2. The van der Waals surface area contributed by atoms with E-state index in [0.717, 1.165) is 56.1 Å². The standard InChI is InChI=1S/C29H31N5O2/c1-18-15-28-32-19(2)23(20(3)34(28)33-18)13-14-29(35)31-16-25(21-9-11-22(36-4)12-10-21)26-17-30-27-8-6-5-7-24(26)27/h5-12,15,17,25,30H,13-14,16H2,1-4H3,(H,31,35). The molecule has 0 saturated carbocycles. The van der Waals surface area contributed by atoms with Crippen molar-refractivity contribution in [3.05, 3.63) is 94.6 Å². The van der Waals surface area contributed by atoms with Gasteiger partial charge in [-0.15, -0.1) is 0 Å². The minimum absolute atomic E-state index is 0.00421. The summed E-state index contributed by atoms with van der Waals surface area (Å²) in [4.78, 5) is 21.0. The minimum Gasteiger partial charge on any atom is -0.497 e. The lowest BCUT2D eigenvalue weighted by Gasteiger charge is -2.19. The molecule has 7 nitrogen and oxygen atoms in total. The summed E-state index contributed by atoms with van der Waals surface area (Å²) in [7, 11) is 1.66. The molecule has 0 bridgehead atoms. The molecule has 36 heavy (non-hydrogen) atoms. The van der Waals surface area contributed by atoms with Gasteiger partial charge < -0.3 is 15.0 Å². The third kappa shape index (κ3) is 4.56. The smallest absolute Gasteiger partial charge is 0.220 e. The molecule has 0 aliphatic rings. The van der Waals surface area contributed by atoms with Crippen LogP contribution in [0.2, 0.25) is 0 Å². The zero-order valence-corrected chi connectivity index (χ0v) is 21.1. The number of aryl methyl sites for hydroxylation is 3. The van der Waals surface area contributed by atoms with Crippen LogP contribution in [-0.2, 0) is 11.2 Å². The molecule has 7 heteroatoms. The van der Waals surface area contributed by atoms with Crippen LogP contribution in [0.5, 0.6) is 5.75 Å². The molecule has 1 atom stereocenters. The number of benzene rings is 2. The molecule has 1 amide bonds. The number of nitrogens with zero attached hydrogens (tertiary/aromatic N) is 3. The fraction of sp³-hybridized carbons (Fsp3) is 0.276. The lowest BCUT2D eigenvalue weighted by Crippen LogP contribution is -2.29. The van der Waals surface area contributed by atoms with E-state index in [1.54, 1.807) is 7.11 Å². The van der Waals surface area contributed by atoms with Crippen molar-refractivity contribution in [3.8, 4) is 5.75 Å². The number of aromatic nitrogens is 4. The van der Waals surface area contributed by atoms with Gasteiger partial charge in [0.05, 0.1) is 12.8 Å². The highest BCUT2D eigenvalue weighted by Gasteiger charge is 2.20. The van der Waals surface area contributed by atoms with Crippen molar-refractivity contribution in [1.82, 2.24) is 24.9 Å². The first-order chi connectivity index (χ1) is 17.4. The molecule has 0 aliphatic heterocycles. The number of carbonyl (C=O) groups excluding carboxylic acids is 1. The largest absolute Gasteiger partial charge is 0.497 e. The van der Waals surface area contributed by atoms with Crippen LogP contribution in [0.25, 0.3) is 16.6 Å². The summed E-state index contributed by atoms with van der Waals surface area (Å²) in [5.41, 5.74) is 8.20. The van der Waals surface area contributed by atoms with Crippen LogP contribution in [0.15, 0.2) is 60.8 Å². The van der Waals surface area contributed by atoms with E-state index in [0.29, 0.717) is 19.4 Å². The van der Waals surface area contributed by atoms with E-state index in [4.69, 9.17) is 4.74 Å². The van der Waals surface area contributed by atoms with Gasteiger partial charge in [-0.05, 0) is 62.1 Å². The summed E-state index contributed by atoms with van der Waals surface area (Å²) in [6.07, 6.45) is 3.05. The van der Waals surface area contributed by atoms with Crippen molar-refractivity contribution < 1.29 is 9.53 Å². The maximum absolute atomic E-state index is 13.0. The molecular weight excluding hydrogens is 450 g/mol. The molecule has 0 radical (unpaired) electrons.